The molecule has 1 saturated heterocycles. The van der Waals surface area contributed by atoms with Gasteiger partial charge in [-0.3, -0.25) is 10.1 Å². The lowest BCUT2D eigenvalue weighted by atomic mass is 10.0. The molecule has 182 valence electrons. The number of thiophene rings is 1. The maximum Gasteiger partial charge on any atom is 0.322 e. The van der Waals surface area contributed by atoms with E-state index in [2.05, 4.69) is 15.5 Å². The number of sulfonamides is 2. The van der Waals surface area contributed by atoms with E-state index < -0.39 is 32.0 Å². The first-order valence-corrected chi connectivity index (χ1v) is 14.1. The standard InChI is InChI=1S/C20H23N5O6S3/c1-24(2)33(27,28)15-10-8-14(9-11-15)19-22-23-20(31-19)21-18(26)16-6-3-4-12-25(16)34(29,30)17-7-5-13-32-17/h5,7-11,13,16H,3-4,6,12H2,1-2H3,(H,21,23,26). The van der Waals surface area contributed by atoms with Gasteiger partial charge in [-0.05, 0) is 48.6 Å². The summed E-state index contributed by atoms with van der Waals surface area (Å²) in [5.41, 5.74) is 0.463. The van der Waals surface area contributed by atoms with Crippen LogP contribution in [0.15, 0.2) is 55.3 Å². The van der Waals surface area contributed by atoms with E-state index in [1.54, 1.807) is 11.4 Å². The molecule has 1 unspecified atom stereocenters. The van der Waals surface area contributed by atoms with Crippen LogP contribution in [0.25, 0.3) is 11.5 Å². The number of carbonyl (C=O) groups excluding carboxylic acids is 1. The number of hydrogen-bond acceptors (Lipinski definition) is 9. The molecule has 3 heterocycles. The molecule has 34 heavy (non-hydrogen) atoms. The second-order valence-corrected chi connectivity index (χ2v) is 13.0. The fraction of sp³-hybridized carbons (Fsp3) is 0.350. The zero-order valence-corrected chi connectivity index (χ0v) is 20.9. The molecule has 2 aromatic heterocycles. The van der Waals surface area contributed by atoms with Crippen molar-refractivity contribution in [3.63, 3.8) is 0 Å². The molecule has 1 aliphatic rings. The Kier molecular flexibility index (Phi) is 6.87. The second kappa shape index (κ2) is 9.54. The van der Waals surface area contributed by atoms with Crippen molar-refractivity contribution < 1.29 is 26.0 Å². The fourth-order valence-electron chi connectivity index (χ4n) is 3.54. The third kappa shape index (κ3) is 4.77. The molecule has 0 bridgehead atoms. The van der Waals surface area contributed by atoms with Crippen molar-refractivity contribution in [1.82, 2.24) is 18.8 Å². The predicted molar refractivity (Wildman–Crippen MR) is 125 cm³/mol. The highest BCUT2D eigenvalue weighted by Crippen LogP contribution is 2.29. The van der Waals surface area contributed by atoms with Crippen molar-refractivity contribution in [2.24, 2.45) is 0 Å². The number of carbonyl (C=O) groups is 1. The highest BCUT2D eigenvalue weighted by Gasteiger charge is 2.38. The molecule has 1 aromatic carbocycles. The topological polar surface area (TPSA) is 143 Å². The third-order valence-electron chi connectivity index (χ3n) is 5.35. The SMILES string of the molecule is CN(C)S(=O)(=O)c1ccc(-c2nnc(NC(=O)C3CCCCN3S(=O)(=O)c3cccs3)o2)cc1. The first kappa shape index (κ1) is 24.5. The zero-order valence-electron chi connectivity index (χ0n) is 18.4. The molecule has 0 spiro atoms. The first-order valence-electron chi connectivity index (χ1n) is 10.3. The molecule has 1 fully saturated rings. The number of nitrogens with one attached hydrogen (secondary N) is 1. The minimum absolute atomic E-state index is 0.0795. The van der Waals surface area contributed by atoms with E-state index in [-0.39, 0.29) is 27.6 Å². The molecule has 0 aliphatic carbocycles. The van der Waals surface area contributed by atoms with E-state index >= 15 is 0 Å². The van der Waals surface area contributed by atoms with Crippen LogP contribution in [0.3, 0.4) is 0 Å². The van der Waals surface area contributed by atoms with Gasteiger partial charge >= 0.3 is 6.01 Å². The summed E-state index contributed by atoms with van der Waals surface area (Å²) in [6.07, 6.45) is 1.75. The summed E-state index contributed by atoms with van der Waals surface area (Å²) in [7, 11) is -4.49. The van der Waals surface area contributed by atoms with Gasteiger partial charge in [0.2, 0.25) is 21.8 Å². The van der Waals surface area contributed by atoms with Crippen LogP contribution in [-0.2, 0) is 24.8 Å². The molecular weight excluding hydrogens is 502 g/mol. The Labute approximate surface area is 201 Å². The smallest absolute Gasteiger partial charge is 0.322 e. The Morgan fingerprint density at radius 2 is 1.85 bits per heavy atom. The summed E-state index contributed by atoms with van der Waals surface area (Å²) < 4.78 is 58.5. The van der Waals surface area contributed by atoms with Crippen LogP contribution in [0.1, 0.15) is 19.3 Å². The molecule has 1 amide bonds. The van der Waals surface area contributed by atoms with Gasteiger partial charge in [0.15, 0.2) is 0 Å². The number of rotatable bonds is 7. The average Bonchev–Trinajstić information content (AvgIpc) is 3.52. The van der Waals surface area contributed by atoms with E-state index in [1.165, 1.54) is 48.7 Å². The Hall–Kier alpha value is -2.65. The van der Waals surface area contributed by atoms with E-state index in [0.29, 0.717) is 24.8 Å². The summed E-state index contributed by atoms with van der Waals surface area (Å²) in [6, 6.07) is 7.97. The van der Waals surface area contributed by atoms with Gasteiger partial charge in [0, 0.05) is 26.2 Å². The molecule has 1 N–H and O–H groups in total. The van der Waals surface area contributed by atoms with Crippen molar-refractivity contribution in [2.45, 2.75) is 34.4 Å². The lowest BCUT2D eigenvalue weighted by molar-refractivity contribution is -0.120. The average molecular weight is 526 g/mol. The Morgan fingerprint density at radius 1 is 1.12 bits per heavy atom. The minimum Gasteiger partial charge on any atom is -0.403 e. The van der Waals surface area contributed by atoms with Crippen LogP contribution in [-0.4, -0.2) is 68.2 Å². The van der Waals surface area contributed by atoms with Gasteiger partial charge in [-0.15, -0.1) is 16.4 Å². The van der Waals surface area contributed by atoms with E-state index in [1.807, 2.05) is 0 Å². The molecule has 4 rings (SSSR count). The fourth-order valence-corrected chi connectivity index (χ4v) is 7.22. The maximum atomic E-state index is 13.0. The van der Waals surface area contributed by atoms with Gasteiger partial charge in [0.25, 0.3) is 10.0 Å². The molecule has 1 aliphatic heterocycles. The third-order valence-corrected chi connectivity index (χ3v) is 10.5. The van der Waals surface area contributed by atoms with Gasteiger partial charge in [0.05, 0.1) is 4.90 Å². The second-order valence-electron chi connectivity index (χ2n) is 7.77. The summed E-state index contributed by atoms with van der Waals surface area (Å²) in [5.74, 6) is -0.474. The van der Waals surface area contributed by atoms with Crippen LogP contribution < -0.4 is 5.32 Å². The molecule has 0 saturated carbocycles. The lowest BCUT2D eigenvalue weighted by Crippen LogP contribution is -2.49. The quantitative estimate of drug-likeness (QED) is 0.495. The monoisotopic (exact) mass is 525 g/mol. The van der Waals surface area contributed by atoms with Gasteiger partial charge in [-0.2, -0.15) is 4.31 Å². The van der Waals surface area contributed by atoms with Crippen LogP contribution in [0.5, 0.6) is 0 Å². The van der Waals surface area contributed by atoms with Crippen LogP contribution in [0.2, 0.25) is 0 Å². The van der Waals surface area contributed by atoms with E-state index in [0.717, 1.165) is 15.6 Å². The minimum atomic E-state index is -3.79. The first-order chi connectivity index (χ1) is 16.1. The maximum absolute atomic E-state index is 13.0. The van der Waals surface area contributed by atoms with Gasteiger partial charge < -0.3 is 4.42 Å². The van der Waals surface area contributed by atoms with Crippen molar-refractivity contribution in [2.75, 3.05) is 26.0 Å². The van der Waals surface area contributed by atoms with Crippen LogP contribution >= 0.6 is 11.3 Å². The lowest BCUT2D eigenvalue weighted by Gasteiger charge is -2.32. The predicted octanol–water partition coefficient (Wildman–Crippen LogP) is 2.23. The van der Waals surface area contributed by atoms with Crippen LogP contribution in [0.4, 0.5) is 6.01 Å². The van der Waals surface area contributed by atoms with E-state index in [4.69, 9.17) is 4.42 Å². The van der Waals surface area contributed by atoms with Gasteiger partial charge in [-0.25, -0.2) is 21.1 Å². The largest absolute Gasteiger partial charge is 0.403 e. The van der Waals surface area contributed by atoms with Crippen LogP contribution in [0, 0.1) is 0 Å². The summed E-state index contributed by atoms with van der Waals surface area (Å²) in [6.45, 7) is 0.246. The number of aromatic nitrogens is 2. The van der Waals surface area contributed by atoms with Crippen molar-refractivity contribution in [1.29, 1.82) is 0 Å². The molecule has 1 atom stereocenters. The number of amides is 1. The van der Waals surface area contributed by atoms with E-state index in [9.17, 15) is 21.6 Å². The Morgan fingerprint density at radius 3 is 2.50 bits per heavy atom. The Bertz CT molecular complexity index is 1370. The molecular formula is C20H23N5O6S3. The highest BCUT2D eigenvalue weighted by atomic mass is 32.2. The molecule has 14 heteroatoms. The number of nitrogens with zero attached hydrogens (tertiary/aromatic N) is 4. The van der Waals surface area contributed by atoms with Crippen molar-refractivity contribution >= 4 is 43.3 Å². The van der Waals surface area contributed by atoms with Gasteiger partial charge in [0.1, 0.15) is 10.3 Å². The summed E-state index contributed by atoms with van der Waals surface area (Å²) in [5, 5.41) is 11.9. The zero-order chi connectivity index (χ0) is 24.5. The number of benzene rings is 1. The molecule has 11 nitrogen and oxygen atoms in total. The Balaban J connectivity index is 1.50. The van der Waals surface area contributed by atoms with Gasteiger partial charge in [-0.1, -0.05) is 17.6 Å². The molecule has 0 radical (unpaired) electrons. The number of hydrogen-bond donors (Lipinski definition) is 1. The highest BCUT2D eigenvalue weighted by molar-refractivity contribution is 7.91. The van der Waals surface area contributed by atoms with Crippen molar-refractivity contribution in [3.8, 4) is 11.5 Å². The number of anilines is 1. The number of piperidine rings is 1. The summed E-state index contributed by atoms with van der Waals surface area (Å²) in [4.78, 5) is 13.1. The normalized spacial score (nSPS) is 17.7. The molecule has 3 aromatic rings. The van der Waals surface area contributed by atoms with Crippen molar-refractivity contribution in [3.05, 3.63) is 41.8 Å². The summed E-state index contributed by atoms with van der Waals surface area (Å²) >= 11 is 1.10.